The summed E-state index contributed by atoms with van der Waals surface area (Å²) in [5.41, 5.74) is 1.55. The molecule has 2 heterocycles. The molecule has 2 aliphatic heterocycles. The summed E-state index contributed by atoms with van der Waals surface area (Å²) in [6, 6.07) is 0. The fraction of sp³-hybridized carbons (Fsp3) is 0.556. The second-order valence-corrected chi connectivity index (χ2v) is 2.99. The first-order valence-electron chi connectivity index (χ1n) is 4.07. The molecule has 0 atom stereocenters. The molecule has 10 heavy (non-hydrogen) atoms. The minimum absolute atomic E-state index is 1.14. The van der Waals surface area contributed by atoms with Crippen molar-refractivity contribution in [1.82, 2.24) is 4.90 Å². The normalized spacial score (nSPS) is 24.0. The van der Waals surface area contributed by atoms with E-state index in [0.29, 0.717) is 0 Å². The SMILES string of the molecule is C1=CCN2CCCCC2=C1. The van der Waals surface area contributed by atoms with Crippen LogP contribution in [0.1, 0.15) is 19.3 Å². The molecular weight excluding hydrogens is 122 g/mol. The molecule has 2 aliphatic rings. The molecule has 1 fully saturated rings. The Morgan fingerprint density at radius 1 is 1.30 bits per heavy atom. The van der Waals surface area contributed by atoms with Gasteiger partial charge in [-0.15, -0.1) is 0 Å². The van der Waals surface area contributed by atoms with E-state index in [-0.39, 0.29) is 0 Å². The lowest BCUT2D eigenvalue weighted by Gasteiger charge is -2.32. The molecule has 0 radical (unpaired) electrons. The Balaban J connectivity index is 2.14. The van der Waals surface area contributed by atoms with Crippen LogP contribution >= 0.6 is 0 Å². The molecule has 0 aromatic rings. The zero-order valence-corrected chi connectivity index (χ0v) is 6.21. The molecule has 1 saturated heterocycles. The van der Waals surface area contributed by atoms with Crippen molar-refractivity contribution in [3.05, 3.63) is 23.9 Å². The lowest BCUT2D eigenvalue weighted by atomic mass is 10.1. The van der Waals surface area contributed by atoms with Gasteiger partial charge in [0, 0.05) is 18.8 Å². The van der Waals surface area contributed by atoms with Gasteiger partial charge in [0.05, 0.1) is 0 Å². The van der Waals surface area contributed by atoms with Gasteiger partial charge in [-0.25, -0.2) is 0 Å². The van der Waals surface area contributed by atoms with E-state index in [0.717, 1.165) is 6.54 Å². The number of piperidine rings is 1. The Hall–Kier alpha value is -0.720. The van der Waals surface area contributed by atoms with Crippen molar-refractivity contribution in [3.63, 3.8) is 0 Å². The lowest BCUT2D eigenvalue weighted by molar-refractivity contribution is 0.313. The van der Waals surface area contributed by atoms with Crippen molar-refractivity contribution in [2.75, 3.05) is 13.1 Å². The monoisotopic (exact) mass is 135 g/mol. The highest BCUT2D eigenvalue weighted by Crippen LogP contribution is 2.21. The zero-order chi connectivity index (χ0) is 6.81. The lowest BCUT2D eigenvalue weighted by Crippen LogP contribution is -2.29. The molecule has 0 unspecified atom stereocenters. The summed E-state index contributed by atoms with van der Waals surface area (Å²) in [4.78, 5) is 2.48. The maximum atomic E-state index is 2.48. The van der Waals surface area contributed by atoms with Crippen LogP contribution in [0, 0.1) is 0 Å². The van der Waals surface area contributed by atoms with Crippen LogP contribution in [0.3, 0.4) is 0 Å². The van der Waals surface area contributed by atoms with E-state index in [4.69, 9.17) is 0 Å². The molecule has 0 N–H and O–H groups in total. The molecular formula is C9H13N. The first kappa shape index (κ1) is 6.02. The van der Waals surface area contributed by atoms with E-state index in [2.05, 4.69) is 23.1 Å². The molecule has 0 aliphatic carbocycles. The summed E-state index contributed by atoms with van der Waals surface area (Å²) in [6.45, 7) is 2.42. The quantitative estimate of drug-likeness (QED) is 0.490. The van der Waals surface area contributed by atoms with Crippen LogP contribution in [0.5, 0.6) is 0 Å². The Morgan fingerprint density at radius 3 is 3.20 bits per heavy atom. The fourth-order valence-electron chi connectivity index (χ4n) is 1.68. The van der Waals surface area contributed by atoms with Crippen LogP contribution in [0.15, 0.2) is 23.9 Å². The van der Waals surface area contributed by atoms with Crippen LogP contribution in [0.25, 0.3) is 0 Å². The van der Waals surface area contributed by atoms with Crippen LogP contribution in [-0.2, 0) is 0 Å². The largest absolute Gasteiger partial charge is 0.371 e. The van der Waals surface area contributed by atoms with Gasteiger partial charge in [-0.2, -0.15) is 0 Å². The van der Waals surface area contributed by atoms with E-state index < -0.39 is 0 Å². The van der Waals surface area contributed by atoms with Gasteiger partial charge >= 0.3 is 0 Å². The smallest absolute Gasteiger partial charge is 0.0359 e. The molecule has 1 nitrogen and oxygen atoms in total. The van der Waals surface area contributed by atoms with Gasteiger partial charge in [0.25, 0.3) is 0 Å². The Morgan fingerprint density at radius 2 is 2.30 bits per heavy atom. The summed E-state index contributed by atoms with van der Waals surface area (Å²) in [7, 11) is 0. The Bertz CT molecular complexity index is 179. The highest BCUT2D eigenvalue weighted by Gasteiger charge is 2.13. The minimum atomic E-state index is 1.14. The van der Waals surface area contributed by atoms with Gasteiger partial charge in [-0.05, 0) is 25.3 Å². The number of allylic oxidation sites excluding steroid dienone is 3. The third-order valence-corrected chi connectivity index (χ3v) is 2.27. The summed E-state index contributed by atoms with van der Waals surface area (Å²) in [5, 5.41) is 0. The van der Waals surface area contributed by atoms with E-state index in [1.807, 2.05) is 0 Å². The van der Waals surface area contributed by atoms with Crippen molar-refractivity contribution in [2.24, 2.45) is 0 Å². The fourth-order valence-corrected chi connectivity index (χ4v) is 1.68. The average Bonchev–Trinajstić information content (AvgIpc) is 2.05. The number of nitrogens with zero attached hydrogens (tertiary/aromatic N) is 1. The van der Waals surface area contributed by atoms with Crippen LogP contribution in [-0.4, -0.2) is 18.0 Å². The number of rotatable bonds is 0. The van der Waals surface area contributed by atoms with Gasteiger partial charge in [-0.1, -0.05) is 12.2 Å². The molecule has 0 saturated carbocycles. The average molecular weight is 135 g/mol. The predicted octanol–water partition coefficient (Wildman–Crippen LogP) is 1.93. The standard InChI is InChI=1S/C9H13N/c1-3-7-10-8-4-2-6-9(10)5-1/h1,3,5H,2,4,6-8H2. The number of hydrogen-bond acceptors (Lipinski definition) is 1. The number of fused-ring (bicyclic) bond motifs is 1. The summed E-state index contributed by atoms with van der Waals surface area (Å²) < 4.78 is 0. The van der Waals surface area contributed by atoms with Gasteiger partial charge in [0.15, 0.2) is 0 Å². The van der Waals surface area contributed by atoms with Gasteiger partial charge in [-0.3, -0.25) is 0 Å². The minimum Gasteiger partial charge on any atom is -0.371 e. The second-order valence-electron chi connectivity index (χ2n) is 2.99. The van der Waals surface area contributed by atoms with Crippen molar-refractivity contribution >= 4 is 0 Å². The van der Waals surface area contributed by atoms with Gasteiger partial charge in [0.1, 0.15) is 0 Å². The van der Waals surface area contributed by atoms with Gasteiger partial charge < -0.3 is 4.90 Å². The maximum Gasteiger partial charge on any atom is 0.0359 e. The van der Waals surface area contributed by atoms with Crippen LogP contribution < -0.4 is 0 Å². The highest BCUT2D eigenvalue weighted by molar-refractivity contribution is 5.18. The maximum absolute atomic E-state index is 2.48. The molecule has 1 heteroatoms. The third kappa shape index (κ3) is 0.962. The molecule has 54 valence electrons. The zero-order valence-electron chi connectivity index (χ0n) is 6.21. The molecule has 2 rings (SSSR count). The van der Waals surface area contributed by atoms with E-state index >= 15 is 0 Å². The molecule has 0 aromatic carbocycles. The van der Waals surface area contributed by atoms with Crippen molar-refractivity contribution in [1.29, 1.82) is 0 Å². The second kappa shape index (κ2) is 2.49. The van der Waals surface area contributed by atoms with E-state index in [9.17, 15) is 0 Å². The highest BCUT2D eigenvalue weighted by atomic mass is 15.1. The van der Waals surface area contributed by atoms with Crippen molar-refractivity contribution in [2.45, 2.75) is 19.3 Å². The number of hydrogen-bond donors (Lipinski definition) is 0. The molecule has 0 bridgehead atoms. The topological polar surface area (TPSA) is 3.24 Å². The summed E-state index contributed by atoms with van der Waals surface area (Å²) in [6.07, 6.45) is 10.7. The molecule has 0 amide bonds. The Labute approximate surface area is 62.0 Å². The predicted molar refractivity (Wildman–Crippen MR) is 42.6 cm³/mol. The first-order valence-corrected chi connectivity index (χ1v) is 4.07. The first-order chi connectivity index (χ1) is 4.97. The van der Waals surface area contributed by atoms with Crippen molar-refractivity contribution < 1.29 is 0 Å². The summed E-state index contributed by atoms with van der Waals surface area (Å²) >= 11 is 0. The van der Waals surface area contributed by atoms with Crippen LogP contribution in [0.2, 0.25) is 0 Å². The molecule has 0 aromatic heterocycles. The van der Waals surface area contributed by atoms with E-state index in [1.54, 1.807) is 5.70 Å². The van der Waals surface area contributed by atoms with Crippen LogP contribution in [0.4, 0.5) is 0 Å². The van der Waals surface area contributed by atoms with Gasteiger partial charge in [0.2, 0.25) is 0 Å². The molecule has 0 spiro atoms. The Kier molecular flexibility index (Phi) is 1.50. The van der Waals surface area contributed by atoms with E-state index in [1.165, 1.54) is 25.8 Å². The van der Waals surface area contributed by atoms with Crippen molar-refractivity contribution in [3.8, 4) is 0 Å². The summed E-state index contributed by atoms with van der Waals surface area (Å²) in [5.74, 6) is 0. The third-order valence-electron chi connectivity index (χ3n) is 2.27.